The fraction of sp³-hybridized carbons (Fsp3) is 0.200. The Hall–Kier alpha value is -4.28. The average Bonchev–Trinajstić information content (AvgIpc) is 3.19. The third-order valence-corrected chi connectivity index (χ3v) is 7.43. The number of rotatable bonds is 9. The zero-order chi connectivity index (χ0) is 29.7. The Morgan fingerprint density at radius 3 is 2.39 bits per heavy atom. The monoisotopic (exact) mass is 593 g/mol. The summed E-state index contributed by atoms with van der Waals surface area (Å²) in [4.78, 5) is 51.5. The first-order chi connectivity index (χ1) is 19.5. The SMILES string of the molecule is COc1cc(/C=C2/SC(=O)N(CC(=O)Nc3cc(Cl)ccc3C)C2=O)ccc1OCC(=O)Nc1ccc(C)c(C)c1. The molecule has 0 saturated carbocycles. The molecule has 2 N–H and O–H groups in total. The van der Waals surface area contributed by atoms with Crippen molar-refractivity contribution in [3.05, 3.63) is 86.8 Å². The maximum atomic E-state index is 12.9. The summed E-state index contributed by atoms with van der Waals surface area (Å²) < 4.78 is 11.1. The molecule has 0 bridgehead atoms. The van der Waals surface area contributed by atoms with Crippen molar-refractivity contribution in [2.24, 2.45) is 0 Å². The third-order valence-electron chi connectivity index (χ3n) is 6.28. The molecule has 41 heavy (non-hydrogen) atoms. The topological polar surface area (TPSA) is 114 Å². The van der Waals surface area contributed by atoms with Gasteiger partial charge in [-0.1, -0.05) is 29.8 Å². The van der Waals surface area contributed by atoms with Crippen LogP contribution in [0.3, 0.4) is 0 Å². The normalized spacial score (nSPS) is 13.9. The molecule has 1 aliphatic heterocycles. The van der Waals surface area contributed by atoms with E-state index in [4.69, 9.17) is 21.1 Å². The largest absolute Gasteiger partial charge is 0.493 e. The average molecular weight is 594 g/mol. The third kappa shape index (κ3) is 7.47. The first-order valence-corrected chi connectivity index (χ1v) is 13.7. The lowest BCUT2D eigenvalue weighted by Crippen LogP contribution is -2.36. The van der Waals surface area contributed by atoms with E-state index in [1.807, 2.05) is 32.0 Å². The summed E-state index contributed by atoms with van der Waals surface area (Å²) in [7, 11) is 1.45. The van der Waals surface area contributed by atoms with Gasteiger partial charge >= 0.3 is 0 Å². The van der Waals surface area contributed by atoms with Crippen LogP contribution in [0.2, 0.25) is 5.02 Å². The number of carbonyl (C=O) groups excluding carboxylic acids is 4. The van der Waals surface area contributed by atoms with Crippen LogP contribution < -0.4 is 20.1 Å². The van der Waals surface area contributed by atoms with Gasteiger partial charge in [-0.05, 0) is 97.3 Å². The highest BCUT2D eigenvalue weighted by molar-refractivity contribution is 8.18. The molecule has 4 rings (SSSR count). The summed E-state index contributed by atoms with van der Waals surface area (Å²) in [6, 6.07) is 15.6. The molecule has 9 nitrogen and oxygen atoms in total. The molecule has 0 atom stereocenters. The molecule has 0 spiro atoms. The van der Waals surface area contributed by atoms with E-state index in [9.17, 15) is 19.2 Å². The smallest absolute Gasteiger partial charge is 0.294 e. The summed E-state index contributed by atoms with van der Waals surface area (Å²) in [5.41, 5.74) is 4.73. The second-order valence-electron chi connectivity index (χ2n) is 9.32. The van der Waals surface area contributed by atoms with E-state index in [1.165, 1.54) is 13.2 Å². The number of halogens is 1. The molecule has 1 heterocycles. The number of benzene rings is 3. The van der Waals surface area contributed by atoms with Gasteiger partial charge in [0.15, 0.2) is 18.1 Å². The predicted molar refractivity (Wildman–Crippen MR) is 161 cm³/mol. The van der Waals surface area contributed by atoms with Gasteiger partial charge in [-0.25, -0.2) is 0 Å². The van der Waals surface area contributed by atoms with Gasteiger partial charge in [0.25, 0.3) is 17.1 Å². The standard InChI is InChI=1S/C30H28ClN3O6S/c1-17-6-9-22(11-19(17)3)32-28(36)16-40-24-10-7-20(12-25(24)39-4)13-26-29(37)34(30(38)41-26)15-27(35)33-23-14-21(31)8-5-18(23)2/h5-14H,15-16H2,1-4H3,(H,32,36)(H,33,35)/b26-13+. The molecule has 1 fully saturated rings. The molecular weight excluding hydrogens is 566 g/mol. The van der Waals surface area contributed by atoms with Crippen LogP contribution in [-0.2, 0) is 14.4 Å². The summed E-state index contributed by atoms with van der Waals surface area (Å²) in [6.07, 6.45) is 1.53. The fourth-order valence-corrected chi connectivity index (χ4v) is 4.91. The Bertz CT molecular complexity index is 1570. The lowest BCUT2D eigenvalue weighted by Gasteiger charge is -2.14. The Morgan fingerprint density at radius 2 is 1.66 bits per heavy atom. The van der Waals surface area contributed by atoms with Crippen LogP contribution in [0.5, 0.6) is 11.5 Å². The summed E-state index contributed by atoms with van der Waals surface area (Å²) in [6.45, 7) is 5.09. The molecule has 0 aromatic heterocycles. The molecule has 4 amide bonds. The molecule has 0 aliphatic carbocycles. The highest BCUT2D eigenvalue weighted by Crippen LogP contribution is 2.34. The highest BCUT2D eigenvalue weighted by Gasteiger charge is 2.36. The van der Waals surface area contributed by atoms with Crippen molar-refractivity contribution in [3.63, 3.8) is 0 Å². The lowest BCUT2D eigenvalue weighted by molar-refractivity contribution is -0.127. The first-order valence-electron chi connectivity index (χ1n) is 12.5. The highest BCUT2D eigenvalue weighted by atomic mass is 35.5. The van der Waals surface area contributed by atoms with E-state index in [2.05, 4.69) is 10.6 Å². The number of nitrogens with zero attached hydrogens (tertiary/aromatic N) is 1. The summed E-state index contributed by atoms with van der Waals surface area (Å²) >= 11 is 6.74. The van der Waals surface area contributed by atoms with Crippen molar-refractivity contribution in [3.8, 4) is 11.5 Å². The Balaban J connectivity index is 1.38. The van der Waals surface area contributed by atoms with Crippen LogP contribution in [0.4, 0.5) is 16.2 Å². The minimum absolute atomic E-state index is 0.158. The van der Waals surface area contributed by atoms with Gasteiger partial charge in [-0.15, -0.1) is 0 Å². The number of thioether (sulfide) groups is 1. The van der Waals surface area contributed by atoms with Gasteiger partial charge < -0.3 is 20.1 Å². The summed E-state index contributed by atoms with van der Waals surface area (Å²) in [5, 5.41) is 5.38. The number of amides is 4. The van der Waals surface area contributed by atoms with Crippen LogP contribution in [0.25, 0.3) is 6.08 Å². The minimum atomic E-state index is -0.583. The molecule has 3 aromatic carbocycles. The molecule has 0 unspecified atom stereocenters. The lowest BCUT2D eigenvalue weighted by atomic mass is 10.1. The molecule has 1 saturated heterocycles. The maximum absolute atomic E-state index is 12.9. The quantitative estimate of drug-likeness (QED) is 0.294. The number of aryl methyl sites for hydroxylation is 3. The minimum Gasteiger partial charge on any atom is -0.493 e. The Morgan fingerprint density at radius 1 is 0.902 bits per heavy atom. The molecule has 212 valence electrons. The number of methoxy groups -OCH3 is 1. The van der Waals surface area contributed by atoms with E-state index >= 15 is 0 Å². The number of ether oxygens (including phenoxy) is 2. The van der Waals surface area contributed by atoms with E-state index in [1.54, 1.807) is 43.3 Å². The van der Waals surface area contributed by atoms with Crippen LogP contribution >= 0.6 is 23.4 Å². The zero-order valence-corrected chi connectivity index (χ0v) is 24.4. The second kappa shape index (κ2) is 12.9. The first kappa shape index (κ1) is 29.7. The van der Waals surface area contributed by atoms with Crippen molar-refractivity contribution >= 4 is 63.8 Å². The van der Waals surface area contributed by atoms with E-state index in [-0.39, 0.29) is 17.4 Å². The van der Waals surface area contributed by atoms with Gasteiger partial charge in [0.05, 0.1) is 12.0 Å². The number of hydrogen-bond donors (Lipinski definition) is 2. The Kier molecular flexibility index (Phi) is 9.36. The van der Waals surface area contributed by atoms with E-state index in [0.717, 1.165) is 33.4 Å². The number of carbonyl (C=O) groups is 4. The van der Waals surface area contributed by atoms with Crippen LogP contribution in [0.15, 0.2) is 59.5 Å². The van der Waals surface area contributed by atoms with Gasteiger partial charge in [-0.3, -0.25) is 24.1 Å². The maximum Gasteiger partial charge on any atom is 0.294 e. The molecule has 1 aliphatic rings. The van der Waals surface area contributed by atoms with Crippen molar-refractivity contribution in [1.29, 1.82) is 0 Å². The van der Waals surface area contributed by atoms with E-state index in [0.29, 0.717) is 33.5 Å². The second-order valence-corrected chi connectivity index (χ2v) is 10.8. The fourth-order valence-electron chi connectivity index (χ4n) is 3.90. The van der Waals surface area contributed by atoms with Crippen molar-refractivity contribution in [2.45, 2.75) is 20.8 Å². The number of imide groups is 1. The van der Waals surface area contributed by atoms with Crippen LogP contribution in [0.1, 0.15) is 22.3 Å². The van der Waals surface area contributed by atoms with Crippen molar-refractivity contribution in [2.75, 3.05) is 30.9 Å². The van der Waals surface area contributed by atoms with Crippen LogP contribution in [-0.4, -0.2) is 48.1 Å². The van der Waals surface area contributed by atoms with Gasteiger partial charge in [-0.2, -0.15) is 0 Å². The Labute approximate surface area is 246 Å². The number of anilines is 2. The van der Waals surface area contributed by atoms with Gasteiger partial charge in [0.2, 0.25) is 5.91 Å². The number of hydrogen-bond acceptors (Lipinski definition) is 7. The predicted octanol–water partition coefficient (Wildman–Crippen LogP) is 5.97. The zero-order valence-electron chi connectivity index (χ0n) is 22.9. The van der Waals surface area contributed by atoms with Gasteiger partial charge in [0, 0.05) is 16.4 Å². The molecular formula is C30H28ClN3O6S. The van der Waals surface area contributed by atoms with Crippen molar-refractivity contribution < 1.29 is 28.7 Å². The molecule has 11 heteroatoms. The van der Waals surface area contributed by atoms with E-state index < -0.39 is 23.6 Å². The molecule has 3 aromatic rings. The van der Waals surface area contributed by atoms with Crippen LogP contribution in [0, 0.1) is 20.8 Å². The molecule has 0 radical (unpaired) electrons. The van der Waals surface area contributed by atoms with Crippen molar-refractivity contribution in [1.82, 2.24) is 4.90 Å². The number of nitrogens with one attached hydrogen (secondary N) is 2. The van der Waals surface area contributed by atoms with Gasteiger partial charge in [0.1, 0.15) is 6.54 Å². The summed E-state index contributed by atoms with van der Waals surface area (Å²) in [5.74, 6) is -0.763.